The third-order valence-corrected chi connectivity index (χ3v) is 2.57. The van der Waals surface area contributed by atoms with E-state index in [0.29, 0.717) is 0 Å². The Balaban J connectivity index is 2.31. The van der Waals surface area contributed by atoms with E-state index >= 15 is 0 Å². The van der Waals surface area contributed by atoms with Gasteiger partial charge in [-0.05, 0) is 21.3 Å². The molecule has 1 aromatic heterocycles. The first kappa shape index (κ1) is 13.8. The Morgan fingerprint density at radius 2 is 2.11 bits per heavy atom. The average molecular weight is 378 g/mol. The minimum Gasteiger partial charge on any atom is -0.166 e. The standard InChI is InChI=1S/C11H6F3IN4/c12-11(13,14)9-4-1-3-8(7-9)10-16-18-19(17-10)6-2-5-15/h1,3-4,7H,6H2. The molecular weight excluding hydrogens is 372 g/mol. The molecule has 2 rings (SSSR count). The molecule has 98 valence electrons. The summed E-state index contributed by atoms with van der Waals surface area (Å²) in [6.45, 7) is 0.245. The summed E-state index contributed by atoms with van der Waals surface area (Å²) in [6, 6.07) is 4.80. The molecule has 0 radical (unpaired) electrons. The summed E-state index contributed by atoms with van der Waals surface area (Å²) in [5.74, 6) is 2.86. The highest BCUT2D eigenvalue weighted by Gasteiger charge is 2.30. The molecular formula is C11H6F3IN4. The van der Waals surface area contributed by atoms with Gasteiger partial charge < -0.3 is 0 Å². The van der Waals surface area contributed by atoms with Crippen molar-refractivity contribution in [2.75, 3.05) is 0 Å². The van der Waals surface area contributed by atoms with E-state index in [1.54, 1.807) is 0 Å². The molecule has 0 aliphatic carbocycles. The Labute approximate surface area is 120 Å². The van der Waals surface area contributed by atoms with Crippen LogP contribution >= 0.6 is 22.6 Å². The van der Waals surface area contributed by atoms with Gasteiger partial charge in [0.1, 0.15) is 6.54 Å². The summed E-state index contributed by atoms with van der Waals surface area (Å²) in [5.41, 5.74) is -0.475. The molecule has 0 aliphatic heterocycles. The summed E-state index contributed by atoms with van der Waals surface area (Å²) in [7, 11) is 0. The Morgan fingerprint density at radius 3 is 2.79 bits per heavy atom. The van der Waals surface area contributed by atoms with E-state index in [2.05, 4.69) is 25.3 Å². The molecule has 0 amide bonds. The van der Waals surface area contributed by atoms with Crippen molar-refractivity contribution >= 4 is 22.6 Å². The van der Waals surface area contributed by atoms with Crippen molar-refractivity contribution in [2.24, 2.45) is 0 Å². The average Bonchev–Trinajstić information content (AvgIpc) is 2.84. The molecule has 0 atom stereocenters. The van der Waals surface area contributed by atoms with E-state index in [-0.39, 0.29) is 17.9 Å². The van der Waals surface area contributed by atoms with Crippen LogP contribution in [0.25, 0.3) is 11.4 Å². The zero-order chi connectivity index (χ0) is 13.9. The van der Waals surface area contributed by atoms with E-state index in [9.17, 15) is 13.2 Å². The van der Waals surface area contributed by atoms with Crippen LogP contribution in [0.15, 0.2) is 24.3 Å². The second kappa shape index (κ2) is 5.56. The lowest BCUT2D eigenvalue weighted by atomic mass is 10.1. The van der Waals surface area contributed by atoms with Crippen molar-refractivity contribution in [1.29, 1.82) is 0 Å². The summed E-state index contributed by atoms with van der Waals surface area (Å²) in [4.78, 5) is 1.22. The van der Waals surface area contributed by atoms with Gasteiger partial charge in [-0.3, -0.25) is 0 Å². The lowest BCUT2D eigenvalue weighted by molar-refractivity contribution is -0.137. The quantitative estimate of drug-likeness (QED) is 0.597. The van der Waals surface area contributed by atoms with Crippen molar-refractivity contribution in [3.05, 3.63) is 29.8 Å². The normalized spacial score (nSPS) is 10.9. The van der Waals surface area contributed by atoms with Crippen LogP contribution in [0.4, 0.5) is 13.2 Å². The van der Waals surface area contributed by atoms with Crippen molar-refractivity contribution in [3.63, 3.8) is 0 Å². The van der Waals surface area contributed by atoms with Gasteiger partial charge in [0.05, 0.1) is 5.56 Å². The minimum atomic E-state index is -4.39. The van der Waals surface area contributed by atoms with E-state index in [1.807, 2.05) is 22.6 Å². The lowest BCUT2D eigenvalue weighted by Crippen LogP contribution is -2.04. The first-order valence-electron chi connectivity index (χ1n) is 5.04. The number of benzene rings is 1. The molecule has 0 unspecified atom stereocenters. The molecule has 8 heteroatoms. The van der Waals surface area contributed by atoms with Gasteiger partial charge in [-0.1, -0.05) is 18.1 Å². The Hall–Kier alpha value is -1.63. The molecule has 0 saturated heterocycles. The van der Waals surface area contributed by atoms with Crippen LogP contribution in [-0.2, 0) is 12.7 Å². The predicted molar refractivity (Wildman–Crippen MR) is 70.1 cm³/mol. The molecule has 0 spiro atoms. The SMILES string of the molecule is FC(F)(F)c1cccc(-c2nnn(CC#CI)n2)c1. The number of alkyl halides is 3. The largest absolute Gasteiger partial charge is 0.416 e. The minimum absolute atomic E-state index is 0.140. The Morgan fingerprint density at radius 1 is 1.32 bits per heavy atom. The van der Waals surface area contributed by atoms with Crippen LogP contribution in [0.5, 0.6) is 0 Å². The van der Waals surface area contributed by atoms with Gasteiger partial charge in [0.2, 0.25) is 5.82 Å². The van der Waals surface area contributed by atoms with Crippen LogP contribution in [0, 0.1) is 9.85 Å². The van der Waals surface area contributed by atoms with Crippen molar-refractivity contribution in [2.45, 2.75) is 12.7 Å². The van der Waals surface area contributed by atoms with Gasteiger partial charge in [-0.2, -0.15) is 18.0 Å². The first-order valence-corrected chi connectivity index (χ1v) is 6.12. The second-order valence-electron chi connectivity index (χ2n) is 3.49. The van der Waals surface area contributed by atoms with Crippen LogP contribution in [0.1, 0.15) is 5.56 Å². The van der Waals surface area contributed by atoms with Crippen molar-refractivity contribution in [3.8, 4) is 21.2 Å². The molecule has 0 saturated carbocycles. The third-order valence-electron chi connectivity index (χ3n) is 2.19. The van der Waals surface area contributed by atoms with Gasteiger partial charge in [0.15, 0.2) is 0 Å². The molecule has 0 fully saturated rings. The maximum absolute atomic E-state index is 12.6. The Bertz CT molecular complexity index is 639. The highest BCUT2D eigenvalue weighted by molar-refractivity contribution is 14.1. The topological polar surface area (TPSA) is 43.6 Å². The predicted octanol–water partition coefficient (Wildman–Crippen LogP) is 2.75. The molecule has 1 heterocycles. The van der Waals surface area contributed by atoms with Gasteiger partial charge in [0.25, 0.3) is 0 Å². The third kappa shape index (κ3) is 3.44. The molecule has 0 N–H and O–H groups in total. The van der Waals surface area contributed by atoms with E-state index < -0.39 is 11.7 Å². The van der Waals surface area contributed by atoms with Crippen LogP contribution in [0.2, 0.25) is 0 Å². The van der Waals surface area contributed by atoms with Crippen LogP contribution < -0.4 is 0 Å². The summed E-state index contributed by atoms with van der Waals surface area (Å²) >= 11 is 1.87. The van der Waals surface area contributed by atoms with E-state index in [1.165, 1.54) is 16.9 Å². The van der Waals surface area contributed by atoms with Crippen molar-refractivity contribution < 1.29 is 13.2 Å². The summed E-state index contributed by atoms with van der Waals surface area (Å²) < 4.78 is 40.4. The molecule has 1 aromatic carbocycles. The lowest BCUT2D eigenvalue weighted by Gasteiger charge is -2.06. The molecule has 0 bridgehead atoms. The highest BCUT2D eigenvalue weighted by Crippen LogP contribution is 2.31. The number of tetrazole rings is 1. The molecule has 4 nitrogen and oxygen atoms in total. The summed E-state index contributed by atoms with van der Waals surface area (Å²) in [5, 5.41) is 11.4. The van der Waals surface area contributed by atoms with Gasteiger partial charge in [-0.25, -0.2) is 0 Å². The maximum Gasteiger partial charge on any atom is 0.416 e. The maximum atomic E-state index is 12.6. The summed E-state index contributed by atoms with van der Waals surface area (Å²) in [6.07, 6.45) is -4.39. The molecule has 19 heavy (non-hydrogen) atoms. The van der Waals surface area contributed by atoms with E-state index in [4.69, 9.17) is 0 Å². The number of aromatic nitrogens is 4. The van der Waals surface area contributed by atoms with Gasteiger partial charge in [-0.15, -0.1) is 10.2 Å². The molecule has 2 aromatic rings. The van der Waals surface area contributed by atoms with Crippen LogP contribution in [-0.4, -0.2) is 20.2 Å². The zero-order valence-corrected chi connectivity index (χ0v) is 11.5. The fourth-order valence-corrected chi connectivity index (χ4v) is 1.53. The fourth-order valence-electron chi connectivity index (χ4n) is 1.36. The monoisotopic (exact) mass is 378 g/mol. The fraction of sp³-hybridized carbons (Fsp3) is 0.182. The molecule has 0 aliphatic rings. The van der Waals surface area contributed by atoms with Gasteiger partial charge in [0, 0.05) is 28.2 Å². The van der Waals surface area contributed by atoms with E-state index in [0.717, 1.165) is 12.1 Å². The van der Waals surface area contributed by atoms with Crippen molar-refractivity contribution in [1.82, 2.24) is 20.2 Å². The zero-order valence-electron chi connectivity index (χ0n) is 9.32. The number of hydrogen-bond donors (Lipinski definition) is 0. The number of hydrogen-bond acceptors (Lipinski definition) is 3. The number of nitrogens with zero attached hydrogens (tertiary/aromatic N) is 4. The van der Waals surface area contributed by atoms with Crippen LogP contribution in [0.3, 0.4) is 0 Å². The second-order valence-corrected chi connectivity index (χ2v) is 4.03. The highest BCUT2D eigenvalue weighted by atomic mass is 127. The van der Waals surface area contributed by atoms with Gasteiger partial charge >= 0.3 is 6.18 Å². The Kier molecular flexibility index (Phi) is 4.04. The first-order chi connectivity index (χ1) is 9.00. The smallest absolute Gasteiger partial charge is 0.166 e. The number of rotatable bonds is 2. The number of halogens is 4.